The van der Waals surface area contributed by atoms with Crippen LogP contribution in [0.25, 0.3) is 0 Å². The Labute approximate surface area is 180 Å². The van der Waals surface area contributed by atoms with Gasteiger partial charge in [-0.25, -0.2) is 0 Å². The number of methoxy groups -OCH3 is 1. The molecule has 0 bridgehead atoms. The van der Waals surface area contributed by atoms with Gasteiger partial charge in [0, 0.05) is 33.3 Å². The van der Waals surface area contributed by atoms with Gasteiger partial charge >= 0.3 is 0 Å². The van der Waals surface area contributed by atoms with Crippen molar-refractivity contribution in [3.8, 4) is 11.5 Å². The Morgan fingerprint density at radius 3 is 2.70 bits per heavy atom. The number of hydrogen-bond donors (Lipinski definition) is 1. The first kappa shape index (κ1) is 22.7. The molecule has 7 heteroatoms. The SMILES string of the molecule is CCOc1cc(CNC(=NC)N2CCC(OCC3CCCCO3)CC2)ccc1OC. The lowest BCUT2D eigenvalue weighted by atomic mass is 10.1. The van der Waals surface area contributed by atoms with Gasteiger partial charge in [0.15, 0.2) is 17.5 Å². The van der Waals surface area contributed by atoms with Crippen molar-refractivity contribution in [3.63, 3.8) is 0 Å². The van der Waals surface area contributed by atoms with Crippen molar-refractivity contribution in [3.05, 3.63) is 23.8 Å². The molecule has 2 aliphatic rings. The van der Waals surface area contributed by atoms with Gasteiger partial charge in [-0.15, -0.1) is 0 Å². The number of hydrogen-bond acceptors (Lipinski definition) is 5. The van der Waals surface area contributed by atoms with E-state index in [4.69, 9.17) is 18.9 Å². The van der Waals surface area contributed by atoms with Crippen molar-refractivity contribution in [1.29, 1.82) is 0 Å². The molecule has 0 amide bonds. The van der Waals surface area contributed by atoms with E-state index in [2.05, 4.69) is 21.3 Å². The first-order valence-electron chi connectivity index (χ1n) is 11.2. The second-order valence-corrected chi connectivity index (χ2v) is 7.83. The van der Waals surface area contributed by atoms with Crippen LogP contribution >= 0.6 is 0 Å². The van der Waals surface area contributed by atoms with E-state index < -0.39 is 0 Å². The Morgan fingerprint density at radius 2 is 2.03 bits per heavy atom. The van der Waals surface area contributed by atoms with E-state index >= 15 is 0 Å². The van der Waals surface area contributed by atoms with Gasteiger partial charge < -0.3 is 29.2 Å². The average molecular weight is 420 g/mol. The number of guanidine groups is 1. The summed E-state index contributed by atoms with van der Waals surface area (Å²) in [6.07, 6.45) is 6.22. The highest BCUT2D eigenvalue weighted by atomic mass is 16.5. The Hall–Kier alpha value is -1.99. The number of ether oxygens (including phenoxy) is 4. The predicted octanol–water partition coefficient (Wildman–Crippen LogP) is 3.22. The van der Waals surface area contributed by atoms with E-state index in [-0.39, 0.29) is 6.10 Å². The Morgan fingerprint density at radius 1 is 1.20 bits per heavy atom. The number of piperidine rings is 1. The minimum atomic E-state index is 0.289. The highest BCUT2D eigenvalue weighted by Gasteiger charge is 2.23. The molecule has 0 radical (unpaired) electrons. The van der Waals surface area contributed by atoms with Gasteiger partial charge in [-0.05, 0) is 56.7 Å². The van der Waals surface area contributed by atoms with Crippen LogP contribution in [0.1, 0.15) is 44.6 Å². The molecule has 0 aliphatic carbocycles. The van der Waals surface area contributed by atoms with Gasteiger partial charge in [0.2, 0.25) is 0 Å². The summed E-state index contributed by atoms with van der Waals surface area (Å²) in [5.74, 6) is 2.46. The topological polar surface area (TPSA) is 64.6 Å². The Kier molecular flexibility index (Phi) is 9.08. The molecule has 2 heterocycles. The Bertz CT molecular complexity index is 668. The lowest BCUT2D eigenvalue weighted by molar-refractivity contribution is -0.0721. The molecule has 2 fully saturated rings. The van der Waals surface area contributed by atoms with E-state index in [1.807, 2.05) is 26.1 Å². The van der Waals surface area contributed by atoms with Gasteiger partial charge in [-0.2, -0.15) is 0 Å². The third-order valence-electron chi connectivity index (χ3n) is 5.72. The maximum atomic E-state index is 6.13. The summed E-state index contributed by atoms with van der Waals surface area (Å²) in [4.78, 5) is 6.79. The van der Waals surface area contributed by atoms with Crippen LogP contribution < -0.4 is 14.8 Å². The smallest absolute Gasteiger partial charge is 0.193 e. The monoisotopic (exact) mass is 419 g/mol. The second-order valence-electron chi connectivity index (χ2n) is 7.83. The minimum absolute atomic E-state index is 0.289. The summed E-state index contributed by atoms with van der Waals surface area (Å²) >= 11 is 0. The number of nitrogens with zero attached hydrogens (tertiary/aromatic N) is 2. The first-order chi connectivity index (χ1) is 14.7. The molecule has 168 valence electrons. The van der Waals surface area contributed by atoms with E-state index in [0.717, 1.165) is 68.6 Å². The summed E-state index contributed by atoms with van der Waals surface area (Å²) in [6.45, 7) is 6.78. The Balaban J connectivity index is 1.44. The van der Waals surface area contributed by atoms with Gasteiger partial charge in [0.1, 0.15) is 0 Å². The van der Waals surface area contributed by atoms with Gasteiger partial charge in [0.25, 0.3) is 0 Å². The molecule has 1 atom stereocenters. The molecule has 0 saturated carbocycles. The lowest BCUT2D eigenvalue weighted by Gasteiger charge is -2.35. The van der Waals surface area contributed by atoms with E-state index in [9.17, 15) is 0 Å². The fourth-order valence-electron chi connectivity index (χ4n) is 4.03. The standard InChI is InChI=1S/C23H37N3O4/c1-4-28-22-15-18(8-9-21(22)27-3)16-25-23(24-2)26-12-10-19(11-13-26)30-17-20-7-5-6-14-29-20/h8-9,15,19-20H,4-7,10-14,16-17H2,1-3H3,(H,24,25). The summed E-state index contributed by atoms with van der Waals surface area (Å²) in [5, 5.41) is 3.48. The van der Waals surface area contributed by atoms with Crippen molar-refractivity contribution in [2.75, 3.05) is 47.1 Å². The van der Waals surface area contributed by atoms with Crippen LogP contribution in [0.2, 0.25) is 0 Å². The molecule has 1 aromatic rings. The highest BCUT2D eigenvalue weighted by molar-refractivity contribution is 5.80. The van der Waals surface area contributed by atoms with Crippen LogP contribution in [0.5, 0.6) is 11.5 Å². The van der Waals surface area contributed by atoms with E-state index in [0.29, 0.717) is 19.3 Å². The number of rotatable bonds is 8. The van der Waals surface area contributed by atoms with Gasteiger partial charge in [0.05, 0.1) is 32.5 Å². The van der Waals surface area contributed by atoms with Crippen LogP contribution in [-0.4, -0.2) is 70.1 Å². The number of aliphatic imine (C=N–C) groups is 1. The van der Waals surface area contributed by atoms with E-state index in [1.54, 1.807) is 7.11 Å². The summed E-state index contributed by atoms with van der Waals surface area (Å²) in [5.41, 5.74) is 1.13. The molecule has 2 saturated heterocycles. The molecular weight excluding hydrogens is 382 g/mol. The van der Waals surface area contributed by atoms with Crippen LogP contribution in [0.4, 0.5) is 0 Å². The van der Waals surface area contributed by atoms with Gasteiger partial charge in [-0.1, -0.05) is 6.07 Å². The van der Waals surface area contributed by atoms with Crippen molar-refractivity contribution in [2.45, 2.75) is 57.8 Å². The maximum absolute atomic E-state index is 6.13. The maximum Gasteiger partial charge on any atom is 0.193 e. The fraction of sp³-hybridized carbons (Fsp3) is 0.696. The largest absolute Gasteiger partial charge is 0.493 e. The van der Waals surface area contributed by atoms with Crippen LogP contribution in [0.3, 0.4) is 0 Å². The summed E-state index contributed by atoms with van der Waals surface area (Å²) in [7, 11) is 3.50. The zero-order valence-corrected chi connectivity index (χ0v) is 18.7. The van der Waals surface area contributed by atoms with Crippen molar-refractivity contribution in [1.82, 2.24) is 10.2 Å². The zero-order valence-electron chi connectivity index (χ0n) is 18.7. The third-order valence-corrected chi connectivity index (χ3v) is 5.72. The molecule has 1 unspecified atom stereocenters. The van der Waals surface area contributed by atoms with Crippen molar-refractivity contribution in [2.24, 2.45) is 4.99 Å². The molecule has 7 nitrogen and oxygen atoms in total. The predicted molar refractivity (Wildman–Crippen MR) is 118 cm³/mol. The molecule has 2 aliphatic heterocycles. The molecular formula is C23H37N3O4. The summed E-state index contributed by atoms with van der Waals surface area (Å²) in [6, 6.07) is 6.02. The van der Waals surface area contributed by atoms with Crippen LogP contribution in [0, 0.1) is 0 Å². The second kappa shape index (κ2) is 12.0. The average Bonchev–Trinajstić information content (AvgIpc) is 2.80. The minimum Gasteiger partial charge on any atom is -0.493 e. The molecule has 0 spiro atoms. The molecule has 1 N–H and O–H groups in total. The number of nitrogens with one attached hydrogen (secondary N) is 1. The highest BCUT2D eigenvalue weighted by Crippen LogP contribution is 2.28. The molecule has 0 aromatic heterocycles. The third kappa shape index (κ3) is 6.51. The zero-order chi connectivity index (χ0) is 21.2. The first-order valence-corrected chi connectivity index (χ1v) is 11.2. The quantitative estimate of drug-likeness (QED) is 0.516. The molecule has 1 aromatic carbocycles. The van der Waals surface area contributed by atoms with Crippen LogP contribution in [-0.2, 0) is 16.0 Å². The van der Waals surface area contributed by atoms with Crippen LogP contribution in [0.15, 0.2) is 23.2 Å². The summed E-state index contributed by atoms with van der Waals surface area (Å²) < 4.78 is 23.0. The lowest BCUT2D eigenvalue weighted by Crippen LogP contribution is -2.47. The molecule has 30 heavy (non-hydrogen) atoms. The fourth-order valence-corrected chi connectivity index (χ4v) is 4.03. The normalized spacial score (nSPS) is 20.8. The van der Waals surface area contributed by atoms with Crippen molar-refractivity contribution >= 4 is 5.96 Å². The van der Waals surface area contributed by atoms with Crippen molar-refractivity contribution < 1.29 is 18.9 Å². The van der Waals surface area contributed by atoms with Gasteiger partial charge in [-0.3, -0.25) is 4.99 Å². The number of likely N-dealkylation sites (tertiary alicyclic amines) is 1. The molecule has 3 rings (SSSR count). The number of benzene rings is 1. The van der Waals surface area contributed by atoms with E-state index in [1.165, 1.54) is 12.8 Å².